The first-order valence-electron chi connectivity index (χ1n) is 7.86. The molecule has 0 radical (unpaired) electrons. The Morgan fingerprint density at radius 1 is 1.04 bits per heavy atom. The number of nitrogens with one attached hydrogen (secondary N) is 2. The van der Waals surface area contributed by atoms with Crippen molar-refractivity contribution >= 4 is 53.4 Å². The fourth-order valence-electron chi connectivity index (χ4n) is 2.35. The molecule has 0 fully saturated rings. The third-order valence-corrected chi connectivity index (χ3v) is 4.38. The highest BCUT2D eigenvalue weighted by Gasteiger charge is 2.17. The lowest BCUT2D eigenvalue weighted by atomic mass is 10.1. The van der Waals surface area contributed by atoms with E-state index in [0.29, 0.717) is 33.6 Å². The number of hydrogen-bond donors (Lipinski definition) is 3. The molecule has 2 aromatic rings. The Balaban J connectivity index is 2.22. The van der Waals surface area contributed by atoms with Gasteiger partial charge in [0.25, 0.3) is 0 Å². The van der Waals surface area contributed by atoms with Crippen LogP contribution in [0.2, 0.25) is 5.02 Å². The van der Waals surface area contributed by atoms with Crippen molar-refractivity contribution in [2.75, 3.05) is 29.2 Å². The Hall–Kier alpha value is -2.58. The number of carbonyl (C=O) groups is 2. The number of hydrogen-bond acceptors (Lipinski definition) is 5. The molecule has 144 valence electrons. The van der Waals surface area contributed by atoms with Gasteiger partial charge in [0, 0.05) is 18.7 Å². The predicted molar refractivity (Wildman–Crippen MR) is 111 cm³/mol. The number of nitrogens with zero attached hydrogens (tertiary/aromatic N) is 1. The van der Waals surface area contributed by atoms with Crippen LogP contribution >= 0.6 is 24.4 Å². The van der Waals surface area contributed by atoms with Crippen molar-refractivity contribution in [3.63, 3.8) is 0 Å². The van der Waals surface area contributed by atoms with Gasteiger partial charge in [-0.1, -0.05) is 24.4 Å². The minimum atomic E-state index is -0.510. The molecule has 0 saturated heterocycles. The maximum atomic E-state index is 12.6. The van der Waals surface area contributed by atoms with Crippen molar-refractivity contribution < 1.29 is 19.1 Å². The Kier molecular flexibility index (Phi) is 6.81. The molecule has 0 unspecified atom stereocenters. The van der Waals surface area contributed by atoms with Crippen molar-refractivity contribution in [1.29, 1.82) is 0 Å². The molecule has 0 aromatic heterocycles. The summed E-state index contributed by atoms with van der Waals surface area (Å²) in [5.74, 6) is 0.650. The van der Waals surface area contributed by atoms with E-state index in [1.165, 1.54) is 27.2 Å². The summed E-state index contributed by atoms with van der Waals surface area (Å²) >= 11 is 10.4. The van der Waals surface area contributed by atoms with Crippen LogP contribution < -0.4 is 24.4 Å². The molecule has 2 N–H and O–H groups in total. The van der Waals surface area contributed by atoms with Crippen LogP contribution in [0.25, 0.3) is 0 Å². The van der Waals surface area contributed by atoms with E-state index in [4.69, 9.17) is 21.1 Å². The second-order valence-corrected chi connectivity index (χ2v) is 6.42. The Morgan fingerprint density at radius 3 is 2.26 bits per heavy atom. The highest BCUT2D eigenvalue weighted by Crippen LogP contribution is 2.36. The molecule has 27 heavy (non-hydrogen) atoms. The fourth-order valence-corrected chi connectivity index (χ4v) is 2.77. The Labute approximate surface area is 168 Å². The average molecular weight is 410 g/mol. The van der Waals surface area contributed by atoms with Gasteiger partial charge in [0.05, 0.1) is 30.6 Å². The van der Waals surface area contributed by atoms with E-state index in [2.05, 4.69) is 23.4 Å². The van der Waals surface area contributed by atoms with E-state index in [-0.39, 0.29) is 5.91 Å². The lowest BCUT2D eigenvalue weighted by Gasteiger charge is -2.19. The van der Waals surface area contributed by atoms with Gasteiger partial charge >= 0.3 is 6.03 Å². The first-order valence-corrected chi connectivity index (χ1v) is 8.64. The highest BCUT2D eigenvalue weighted by atomic mass is 35.5. The first kappa shape index (κ1) is 20.7. The standard InChI is InChI=1S/C18H20ClN3O4S/c1-10-7-12(5-6-14(10)20-11(2)23)22(27)18(24)21-15-8-13(19)16(25-3)9-17(15)26-4/h5-9,27H,1-4H3,(H,20,23)(H,21,24). The number of aryl methyl sites for hydroxylation is 1. The summed E-state index contributed by atoms with van der Waals surface area (Å²) < 4.78 is 11.5. The van der Waals surface area contributed by atoms with E-state index < -0.39 is 6.03 Å². The van der Waals surface area contributed by atoms with Crippen LogP contribution in [0.1, 0.15) is 12.5 Å². The van der Waals surface area contributed by atoms with Gasteiger partial charge in [0.15, 0.2) is 0 Å². The number of amides is 3. The molecule has 2 rings (SSSR count). The summed E-state index contributed by atoms with van der Waals surface area (Å²) in [6.45, 7) is 3.25. The largest absolute Gasteiger partial charge is 0.495 e. The number of halogens is 1. The molecule has 0 bridgehead atoms. The second-order valence-electron chi connectivity index (χ2n) is 5.61. The molecular weight excluding hydrogens is 390 g/mol. The van der Waals surface area contributed by atoms with E-state index in [1.54, 1.807) is 24.3 Å². The normalized spacial score (nSPS) is 10.1. The monoisotopic (exact) mass is 409 g/mol. The van der Waals surface area contributed by atoms with Crippen LogP contribution in [0, 0.1) is 6.92 Å². The van der Waals surface area contributed by atoms with Crippen LogP contribution in [-0.4, -0.2) is 26.2 Å². The van der Waals surface area contributed by atoms with Crippen LogP contribution in [0.5, 0.6) is 11.5 Å². The van der Waals surface area contributed by atoms with Gasteiger partial charge in [-0.2, -0.15) is 0 Å². The van der Waals surface area contributed by atoms with Crippen molar-refractivity contribution in [1.82, 2.24) is 0 Å². The summed E-state index contributed by atoms with van der Waals surface area (Å²) in [7, 11) is 2.96. The summed E-state index contributed by atoms with van der Waals surface area (Å²) in [6, 6.07) is 7.70. The highest BCUT2D eigenvalue weighted by molar-refractivity contribution is 7.82. The smallest absolute Gasteiger partial charge is 0.336 e. The average Bonchev–Trinajstić information content (AvgIpc) is 2.62. The first-order chi connectivity index (χ1) is 12.8. The van der Waals surface area contributed by atoms with Crippen molar-refractivity contribution in [2.24, 2.45) is 0 Å². The summed E-state index contributed by atoms with van der Waals surface area (Å²) in [4.78, 5) is 23.8. The molecule has 0 aliphatic heterocycles. The summed E-state index contributed by atoms with van der Waals surface area (Å²) in [6.07, 6.45) is 0. The molecule has 9 heteroatoms. The molecule has 3 amide bonds. The number of carbonyl (C=O) groups excluding carboxylic acids is 2. The molecule has 0 aliphatic rings. The molecule has 0 aliphatic carbocycles. The number of ether oxygens (including phenoxy) is 2. The topological polar surface area (TPSA) is 79.9 Å². The fraction of sp³-hybridized carbons (Fsp3) is 0.222. The Morgan fingerprint density at radius 2 is 1.70 bits per heavy atom. The Bertz CT molecular complexity index is 876. The molecule has 0 spiro atoms. The van der Waals surface area contributed by atoms with Gasteiger partial charge in [0.1, 0.15) is 11.5 Å². The van der Waals surface area contributed by atoms with Gasteiger partial charge in [-0.05, 0) is 36.8 Å². The third kappa shape index (κ3) is 4.99. The van der Waals surface area contributed by atoms with E-state index in [0.717, 1.165) is 9.87 Å². The maximum absolute atomic E-state index is 12.6. The minimum absolute atomic E-state index is 0.171. The summed E-state index contributed by atoms with van der Waals surface area (Å²) in [5.41, 5.74) is 2.36. The lowest BCUT2D eigenvalue weighted by molar-refractivity contribution is -0.114. The molecular formula is C18H20ClN3O4S. The van der Waals surface area contributed by atoms with Crippen LogP contribution in [0.15, 0.2) is 30.3 Å². The third-order valence-electron chi connectivity index (χ3n) is 3.67. The van der Waals surface area contributed by atoms with Crippen LogP contribution in [0.3, 0.4) is 0 Å². The quantitative estimate of drug-likeness (QED) is 0.635. The number of methoxy groups -OCH3 is 2. The van der Waals surface area contributed by atoms with Gasteiger partial charge in [-0.25, -0.2) is 9.10 Å². The zero-order valence-electron chi connectivity index (χ0n) is 15.3. The van der Waals surface area contributed by atoms with Gasteiger partial charge in [-0.3, -0.25) is 4.79 Å². The number of urea groups is 1. The van der Waals surface area contributed by atoms with Gasteiger partial charge in [0.2, 0.25) is 5.91 Å². The van der Waals surface area contributed by atoms with E-state index >= 15 is 0 Å². The van der Waals surface area contributed by atoms with Gasteiger partial charge in [-0.15, -0.1) is 0 Å². The maximum Gasteiger partial charge on any atom is 0.336 e. The van der Waals surface area contributed by atoms with Crippen molar-refractivity contribution in [3.05, 3.63) is 40.9 Å². The summed E-state index contributed by atoms with van der Waals surface area (Å²) in [5, 5.41) is 5.74. The van der Waals surface area contributed by atoms with E-state index in [9.17, 15) is 9.59 Å². The zero-order valence-corrected chi connectivity index (χ0v) is 16.9. The predicted octanol–water partition coefficient (Wildman–Crippen LogP) is 4.51. The zero-order chi connectivity index (χ0) is 20.1. The number of anilines is 3. The van der Waals surface area contributed by atoms with E-state index in [1.807, 2.05) is 6.92 Å². The lowest BCUT2D eigenvalue weighted by Crippen LogP contribution is -2.27. The number of thiol groups is 1. The molecule has 0 heterocycles. The molecule has 0 atom stereocenters. The number of rotatable bonds is 5. The molecule has 2 aromatic carbocycles. The minimum Gasteiger partial charge on any atom is -0.495 e. The molecule has 0 saturated carbocycles. The van der Waals surface area contributed by atoms with Gasteiger partial charge < -0.3 is 20.1 Å². The molecule has 7 nitrogen and oxygen atoms in total. The SMILES string of the molecule is COc1cc(OC)c(NC(=O)N(S)c2ccc(NC(C)=O)c(C)c2)cc1Cl. The van der Waals surface area contributed by atoms with Crippen molar-refractivity contribution in [2.45, 2.75) is 13.8 Å². The second kappa shape index (κ2) is 8.88. The van der Waals surface area contributed by atoms with Crippen LogP contribution in [0.4, 0.5) is 21.9 Å². The van der Waals surface area contributed by atoms with Crippen LogP contribution in [-0.2, 0) is 4.79 Å². The number of benzene rings is 2. The van der Waals surface area contributed by atoms with Crippen molar-refractivity contribution in [3.8, 4) is 11.5 Å².